The van der Waals surface area contributed by atoms with Gasteiger partial charge in [0.05, 0.1) is 18.0 Å². The first-order valence-corrected chi connectivity index (χ1v) is 4.51. The van der Waals surface area contributed by atoms with Crippen molar-refractivity contribution >= 4 is 11.4 Å². The summed E-state index contributed by atoms with van der Waals surface area (Å²) in [7, 11) is 1.67. The van der Waals surface area contributed by atoms with E-state index in [0.717, 1.165) is 12.2 Å². The molecule has 1 aromatic carbocycles. The van der Waals surface area contributed by atoms with Crippen molar-refractivity contribution in [3.05, 3.63) is 18.2 Å². The van der Waals surface area contributed by atoms with Crippen molar-refractivity contribution in [3.8, 4) is 5.75 Å². The third-order valence-corrected chi connectivity index (χ3v) is 1.82. The first-order chi connectivity index (χ1) is 6.74. The van der Waals surface area contributed by atoms with Crippen molar-refractivity contribution in [2.24, 2.45) is 0 Å². The molecule has 0 saturated carbocycles. The zero-order valence-corrected chi connectivity index (χ0v) is 8.32. The zero-order valence-electron chi connectivity index (χ0n) is 8.32. The van der Waals surface area contributed by atoms with Crippen LogP contribution in [-0.2, 0) is 4.74 Å². The molecule has 0 bridgehead atoms. The summed E-state index contributed by atoms with van der Waals surface area (Å²) in [6, 6.07) is 5.27. The second-order valence-corrected chi connectivity index (χ2v) is 2.99. The highest BCUT2D eigenvalue weighted by Gasteiger charge is 1.97. The maximum absolute atomic E-state index is 5.62. The number of benzene rings is 1. The molecule has 0 aliphatic heterocycles. The van der Waals surface area contributed by atoms with Crippen molar-refractivity contribution in [2.75, 3.05) is 31.8 Å². The molecule has 0 fully saturated rings. The van der Waals surface area contributed by atoms with Gasteiger partial charge in [0.25, 0.3) is 0 Å². The predicted octanol–water partition coefficient (Wildman–Crippen LogP) is 1.27. The van der Waals surface area contributed by atoms with Crippen LogP contribution in [0.15, 0.2) is 18.2 Å². The Morgan fingerprint density at radius 1 is 1.14 bits per heavy atom. The second kappa shape index (κ2) is 5.34. The molecule has 0 atom stereocenters. The van der Waals surface area contributed by atoms with E-state index in [1.165, 1.54) is 0 Å². The van der Waals surface area contributed by atoms with Gasteiger partial charge in [-0.1, -0.05) is 0 Å². The van der Waals surface area contributed by atoms with Gasteiger partial charge in [0.1, 0.15) is 5.75 Å². The van der Waals surface area contributed by atoms with Crippen LogP contribution in [0.4, 0.5) is 11.4 Å². The van der Waals surface area contributed by atoms with Crippen LogP contribution in [0.1, 0.15) is 6.42 Å². The van der Waals surface area contributed by atoms with E-state index in [-0.39, 0.29) is 0 Å². The maximum atomic E-state index is 5.62. The Bertz CT molecular complexity index is 289. The number of rotatable bonds is 5. The number of nitrogen functional groups attached to an aromatic ring is 2. The smallest absolute Gasteiger partial charge is 0.121 e. The fourth-order valence-corrected chi connectivity index (χ4v) is 1.04. The van der Waals surface area contributed by atoms with E-state index in [1.807, 2.05) is 0 Å². The van der Waals surface area contributed by atoms with Crippen LogP contribution >= 0.6 is 0 Å². The standard InChI is InChI=1S/C10H16N2O2/c1-13-5-2-6-14-8-3-4-9(11)10(12)7-8/h3-4,7H,2,5-6,11-12H2,1H3. The van der Waals surface area contributed by atoms with E-state index in [1.54, 1.807) is 25.3 Å². The predicted molar refractivity (Wildman–Crippen MR) is 57.3 cm³/mol. The van der Waals surface area contributed by atoms with Crippen molar-refractivity contribution in [1.29, 1.82) is 0 Å². The largest absolute Gasteiger partial charge is 0.493 e. The summed E-state index contributed by atoms with van der Waals surface area (Å²) in [5.74, 6) is 0.743. The number of hydrogen-bond acceptors (Lipinski definition) is 4. The van der Waals surface area contributed by atoms with E-state index < -0.39 is 0 Å². The highest BCUT2D eigenvalue weighted by Crippen LogP contribution is 2.21. The Hall–Kier alpha value is -1.42. The summed E-state index contributed by atoms with van der Waals surface area (Å²) in [4.78, 5) is 0. The van der Waals surface area contributed by atoms with E-state index in [0.29, 0.717) is 24.6 Å². The van der Waals surface area contributed by atoms with Crippen molar-refractivity contribution < 1.29 is 9.47 Å². The van der Waals surface area contributed by atoms with Gasteiger partial charge in [-0.05, 0) is 12.1 Å². The molecule has 0 saturated heterocycles. The molecular formula is C10H16N2O2. The summed E-state index contributed by atoms with van der Waals surface area (Å²) in [5.41, 5.74) is 12.3. The lowest BCUT2D eigenvalue weighted by atomic mass is 10.2. The number of anilines is 2. The molecule has 0 spiro atoms. The first kappa shape index (κ1) is 10.7. The average molecular weight is 196 g/mol. The third kappa shape index (κ3) is 3.14. The number of methoxy groups -OCH3 is 1. The summed E-state index contributed by atoms with van der Waals surface area (Å²) in [6.45, 7) is 1.32. The highest BCUT2D eigenvalue weighted by molar-refractivity contribution is 5.65. The van der Waals surface area contributed by atoms with Crippen LogP contribution in [0.5, 0.6) is 5.75 Å². The highest BCUT2D eigenvalue weighted by atomic mass is 16.5. The summed E-state index contributed by atoms with van der Waals surface area (Å²) < 4.78 is 10.3. The van der Waals surface area contributed by atoms with Crippen LogP contribution in [0, 0.1) is 0 Å². The molecule has 4 N–H and O–H groups in total. The SMILES string of the molecule is COCCCOc1ccc(N)c(N)c1. The molecule has 0 aliphatic carbocycles. The molecule has 4 heteroatoms. The van der Waals surface area contributed by atoms with Gasteiger partial charge in [-0.3, -0.25) is 0 Å². The fraction of sp³-hybridized carbons (Fsp3) is 0.400. The molecule has 4 nitrogen and oxygen atoms in total. The van der Waals surface area contributed by atoms with Gasteiger partial charge in [0, 0.05) is 26.2 Å². The number of hydrogen-bond donors (Lipinski definition) is 2. The monoisotopic (exact) mass is 196 g/mol. The molecule has 1 rings (SSSR count). The number of ether oxygens (including phenoxy) is 2. The lowest BCUT2D eigenvalue weighted by molar-refractivity contribution is 0.172. The van der Waals surface area contributed by atoms with Crippen LogP contribution < -0.4 is 16.2 Å². The molecule has 78 valence electrons. The molecule has 0 heterocycles. The van der Waals surface area contributed by atoms with Crippen molar-refractivity contribution in [3.63, 3.8) is 0 Å². The van der Waals surface area contributed by atoms with Gasteiger partial charge in [-0.25, -0.2) is 0 Å². The van der Waals surface area contributed by atoms with Gasteiger partial charge in [0.2, 0.25) is 0 Å². The second-order valence-electron chi connectivity index (χ2n) is 2.99. The van der Waals surface area contributed by atoms with Gasteiger partial charge in [0.15, 0.2) is 0 Å². The Labute approximate surface area is 83.8 Å². The molecule has 1 aromatic rings. The third-order valence-electron chi connectivity index (χ3n) is 1.82. The van der Waals surface area contributed by atoms with Gasteiger partial charge in [-0.2, -0.15) is 0 Å². The van der Waals surface area contributed by atoms with E-state index in [4.69, 9.17) is 20.9 Å². The lowest BCUT2D eigenvalue weighted by Crippen LogP contribution is -2.02. The summed E-state index contributed by atoms with van der Waals surface area (Å²) in [6.07, 6.45) is 0.862. The van der Waals surface area contributed by atoms with Crippen LogP contribution in [0.25, 0.3) is 0 Å². The number of nitrogens with two attached hydrogens (primary N) is 2. The minimum atomic E-state index is 0.550. The van der Waals surface area contributed by atoms with Crippen LogP contribution in [0.3, 0.4) is 0 Å². The van der Waals surface area contributed by atoms with E-state index in [9.17, 15) is 0 Å². The lowest BCUT2D eigenvalue weighted by Gasteiger charge is -2.07. The maximum Gasteiger partial charge on any atom is 0.121 e. The van der Waals surface area contributed by atoms with E-state index >= 15 is 0 Å². The summed E-state index contributed by atoms with van der Waals surface area (Å²) >= 11 is 0. The molecule has 0 radical (unpaired) electrons. The van der Waals surface area contributed by atoms with E-state index in [2.05, 4.69) is 0 Å². The van der Waals surface area contributed by atoms with Gasteiger partial charge >= 0.3 is 0 Å². The summed E-state index contributed by atoms with van der Waals surface area (Å²) in [5, 5.41) is 0. The molecule has 0 aliphatic rings. The fourth-order valence-electron chi connectivity index (χ4n) is 1.04. The van der Waals surface area contributed by atoms with Crippen molar-refractivity contribution in [2.45, 2.75) is 6.42 Å². The minimum Gasteiger partial charge on any atom is -0.493 e. The normalized spacial score (nSPS) is 10.1. The average Bonchev–Trinajstić information content (AvgIpc) is 2.18. The van der Waals surface area contributed by atoms with Gasteiger partial charge < -0.3 is 20.9 Å². The molecular weight excluding hydrogens is 180 g/mol. The molecule has 0 aromatic heterocycles. The van der Waals surface area contributed by atoms with Crippen molar-refractivity contribution in [1.82, 2.24) is 0 Å². The van der Waals surface area contributed by atoms with Crippen LogP contribution in [0.2, 0.25) is 0 Å². The Balaban J connectivity index is 2.39. The van der Waals surface area contributed by atoms with Gasteiger partial charge in [-0.15, -0.1) is 0 Å². The Morgan fingerprint density at radius 3 is 2.57 bits per heavy atom. The minimum absolute atomic E-state index is 0.550. The first-order valence-electron chi connectivity index (χ1n) is 4.51. The van der Waals surface area contributed by atoms with Crippen LogP contribution in [-0.4, -0.2) is 20.3 Å². The molecule has 14 heavy (non-hydrogen) atoms. The molecule has 0 unspecified atom stereocenters. The quantitative estimate of drug-likeness (QED) is 0.549. The topological polar surface area (TPSA) is 70.5 Å². The Morgan fingerprint density at radius 2 is 1.93 bits per heavy atom. The zero-order chi connectivity index (χ0) is 10.4. The molecule has 0 amide bonds. The Kier molecular flexibility index (Phi) is 4.07.